The lowest BCUT2D eigenvalue weighted by Gasteiger charge is -2.39. The quantitative estimate of drug-likeness (QED) is 0.433. The number of carbonyl (C=O) groups excluding carboxylic acids is 1. The Morgan fingerprint density at radius 3 is 2.49 bits per heavy atom. The number of benzene rings is 1. The highest BCUT2D eigenvalue weighted by Crippen LogP contribution is 2.40. The molecule has 1 aliphatic heterocycles. The van der Waals surface area contributed by atoms with Crippen molar-refractivity contribution in [3.8, 4) is 0 Å². The Morgan fingerprint density at radius 1 is 1.14 bits per heavy atom. The first kappa shape index (κ1) is 23.9. The molecule has 2 N–H and O–H groups in total. The molecule has 3 fully saturated rings. The number of imidazole rings is 1. The van der Waals surface area contributed by atoms with Crippen LogP contribution in [0, 0.1) is 5.92 Å². The summed E-state index contributed by atoms with van der Waals surface area (Å²) in [6.07, 6.45) is 8.97. The minimum absolute atomic E-state index is 0.0156. The molecular weight excluding hydrogens is 466 g/mol. The van der Waals surface area contributed by atoms with E-state index in [1.807, 2.05) is 4.90 Å². The maximum Gasteiger partial charge on any atom is 0.327 e. The Hall–Kier alpha value is -3.46. The summed E-state index contributed by atoms with van der Waals surface area (Å²) in [5.41, 5.74) is 3.74. The number of hydrogen-bond acceptors (Lipinski definition) is 6. The number of nitrogens with zero attached hydrogens (tertiary/aromatic N) is 5. The van der Waals surface area contributed by atoms with E-state index in [-0.39, 0.29) is 23.7 Å². The number of rotatable bonds is 9. The molecule has 0 spiro atoms. The third-order valence-corrected chi connectivity index (χ3v) is 8.03. The summed E-state index contributed by atoms with van der Waals surface area (Å²) < 4.78 is 1.76. The van der Waals surface area contributed by atoms with Gasteiger partial charge in [-0.25, -0.2) is 9.78 Å². The molecule has 9 nitrogen and oxygen atoms in total. The van der Waals surface area contributed by atoms with Crippen LogP contribution < -0.4 is 11.0 Å². The number of amides is 1. The summed E-state index contributed by atoms with van der Waals surface area (Å²) in [4.78, 5) is 40.7. The van der Waals surface area contributed by atoms with Crippen LogP contribution in [-0.4, -0.2) is 61.4 Å². The van der Waals surface area contributed by atoms with Crippen LogP contribution in [0.2, 0.25) is 0 Å². The molecule has 0 bridgehead atoms. The molecule has 1 aromatic carbocycles. The molecule has 9 heteroatoms. The number of fused-ring (bicyclic) bond motifs is 1. The van der Waals surface area contributed by atoms with E-state index < -0.39 is 0 Å². The Balaban J connectivity index is 1.15. The molecule has 0 radical (unpaired) electrons. The Labute approximate surface area is 216 Å². The number of carbonyl (C=O) groups is 1. The van der Waals surface area contributed by atoms with Gasteiger partial charge in [-0.1, -0.05) is 43.7 Å². The number of anilines is 1. The van der Waals surface area contributed by atoms with Crippen LogP contribution in [-0.2, 0) is 4.79 Å². The molecule has 6 rings (SSSR count). The van der Waals surface area contributed by atoms with Crippen molar-refractivity contribution in [2.45, 2.75) is 57.2 Å². The fourth-order valence-electron chi connectivity index (χ4n) is 5.49. The highest BCUT2D eigenvalue weighted by atomic mass is 16.2. The molecule has 1 saturated heterocycles. The zero-order valence-electron chi connectivity index (χ0n) is 21.4. The first-order valence-electron chi connectivity index (χ1n) is 13.5. The molecular formula is C28H35N7O2. The number of nitrogens with one attached hydrogen (secondary N) is 2. The molecule has 194 valence electrons. The molecule has 2 atom stereocenters. The lowest BCUT2D eigenvalue weighted by atomic mass is 9.96. The van der Waals surface area contributed by atoms with Crippen LogP contribution in [0.5, 0.6) is 0 Å². The summed E-state index contributed by atoms with van der Waals surface area (Å²) in [5, 5.41) is 3.41. The van der Waals surface area contributed by atoms with Gasteiger partial charge in [-0.3, -0.25) is 14.3 Å². The van der Waals surface area contributed by atoms with Gasteiger partial charge in [-0.05, 0) is 49.3 Å². The van der Waals surface area contributed by atoms with Crippen molar-refractivity contribution < 1.29 is 4.79 Å². The van der Waals surface area contributed by atoms with Gasteiger partial charge in [0.2, 0.25) is 11.9 Å². The second-order valence-electron chi connectivity index (χ2n) is 10.8. The molecule has 2 aromatic heterocycles. The van der Waals surface area contributed by atoms with E-state index in [1.165, 1.54) is 30.9 Å². The van der Waals surface area contributed by atoms with E-state index in [0.29, 0.717) is 23.2 Å². The van der Waals surface area contributed by atoms with E-state index in [4.69, 9.17) is 0 Å². The molecule has 2 saturated carbocycles. The van der Waals surface area contributed by atoms with Crippen molar-refractivity contribution in [1.82, 2.24) is 29.3 Å². The maximum atomic E-state index is 12.3. The lowest BCUT2D eigenvalue weighted by Crippen LogP contribution is -2.49. The highest BCUT2D eigenvalue weighted by Gasteiger charge is 2.32. The normalized spacial score (nSPS) is 20.1. The van der Waals surface area contributed by atoms with E-state index in [1.54, 1.807) is 10.8 Å². The monoisotopic (exact) mass is 501 g/mol. The van der Waals surface area contributed by atoms with Crippen molar-refractivity contribution in [3.63, 3.8) is 0 Å². The molecule has 3 aromatic rings. The maximum absolute atomic E-state index is 12.3. The molecule has 3 heterocycles. The lowest BCUT2D eigenvalue weighted by molar-refractivity contribution is -0.128. The fraction of sp³-hybridized carbons (Fsp3) is 0.500. The summed E-state index contributed by atoms with van der Waals surface area (Å²) in [6.45, 7) is 9.02. The Morgan fingerprint density at radius 2 is 1.84 bits per heavy atom. The van der Waals surface area contributed by atoms with Gasteiger partial charge in [0.05, 0.1) is 12.2 Å². The third kappa shape index (κ3) is 5.05. The average Bonchev–Trinajstić information content (AvgIpc) is 3.86. The second-order valence-corrected chi connectivity index (χ2v) is 10.8. The topological polar surface area (TPSA) is 99.2 Å². The van der Waals surface area contributed by atoms with Crippen LogP contribution in [0.4, 0.5) is 5.95 Å². The van der Waals surface area contributed by atoms with E-state index >= 15 is 0 Å². The first-order valence-corrected chi connectivity index (χ1v) is 13.5. The molecule has 1 unspecified atom stereocenters. The molecule has 2 aliphatic carbocycles. The molecule has 1 amide bonds. The first-order chi connectivity index (χ1) is 18.0. The van der Waals surface area contributed by atoms with Gasteiger partial charge in [0.15, 0.2) is 5.65 Å². The third-order valence-electron chi connectivity index (χ3n) is 8.03. The van der Waals surface area contributed by atoms with Crippen molar-refractivity contribution in [2.75, 3.05) is 31.5 Å². The Kier molecular flexibility index (Phi) is 6.32. The number of piperazine rings is 1. The molecule has 37 heavy (non-hydrogen) atoms. The van der Waals surface area contributed by atoms with Crippen molar-refractivity contribution in [1.29, 1.82) is 0 Å². The SMILES string of the molecule is C=CC(=O)N1CCN(C(CC2CC2)c2ccc([C@H](C)Nc3ncc4[nH]c(=O)n(C5CC5)c4n3)cc2)CC1. The van der Waals surface area contributed by atoms with Crippen LogP contribution in [0.3, 0.4) is 0 Å². The van der Waals surface area contributed by atoms with Gasteiger partial charge in [-0.2, -0.15) is 4.98 Å². The van der Waals surface area contributed by atoms with Gasteiger partial charge in [0.25, 0.3) is 0 Å². The minimum Gasteiger partial charge on any atom is -0.348 e. The van der Waals surface area contributed by atoms with Crippen LogP contribution in [0.15, 0.2) is 47.9 Å². The van der Waals surface area contributed by atoms with Crippen molar-refractivity contribution >= 4 is 23.0 Å². The summed E-state index contributed by atoms with van der Waals surface area (Å²) in [5.74, 6) is 1.36. The van der Waals surface area contributed by atoms with Gasteiger partial charge in [0.1, 0.15) is 5.52 Å². The number of aromatic nitrogens is 4. The largest absolute Gasteiger partial charge is 0.348 e. The van der Waals surface area contributed by atoms with E-state index in [2.05, 4.69) is 62.9 Å². The van der Waals surface area contributed by atoms with Crippen LogP contribution in [0.1, 0.15) is 68.3 Å². The van der Waals surface area contributed by atoms with E-state index in [9.17, 15) is 9.59 Å². The highest BCUT2D eigenvalue weighted by molar-refractivity contribution is 5.87. The minimum atomic E-state index is -0.109. The van der Waals surface area contributed by atoms with Crippen molar-refractivity contribution in [3.05, 3.63) is 64.7 Å². The predicted octanol–water partition coefficient (Wildman–Crippen LogP) is 3.80. The van der Waals surface area contributed by atoms with Gasteiger partial charge in [0, 0.05) is 38.3 Å². The smallest absolute Gasteiger partial charge is 0.327 e. The van der Waals surface area contributed by atoms with Gasteiger partial charge < -0.3 is 15.2 Å². The van der Waals surface area contributed by atoms with Gasteiger partial charge >= 0.3 is 5.69 Å². The standard InChI is InChI=1S/C28H35N7O2/c1-3-25(36)34-14-12-33(13-15-34)24(16-19-4-5-19)21-8-6-20(7-9-21)18(2)30-27-29-17-23-26(32-27)35(22-10-11-22)28(37)31-23/h3,6-9,17-19,22,24H,1,4-5,10-16H2,2H3,(H,31,37)(H,29,30,32)/t18-,24?/m0/s1. The number of hydrogen-bond donors (Lipinski definition) is 2. The second kappa shape index (κ2) is 9.78. The number of aromatic amines is 1. The zero-order chi connectivity index (χ0) is 25.5. The summed E-state index contributed by atoms with van der Waals surface area (Å²) in [6, 6.07) is 9.54. The van der Waals surface area contributed by atoms with Gasteiger partial charge in [-0.15, -0.1) is 0 Å². The summed E-state index contributed by atoms with van der Waals surface area (Å²) in [7, 11) is 0. The number of H-pyrrole nitrogens is 1. The Bertz CT molecular complexity index is 1350. The summed E-state index contributed by atoms with van der Waals surface area (Å²) >= 11 is 0. The van der Waals surface area contributed by atoms with Crippen LogP contribution in [0.25, 0.3) is 11.2 Å². The van der Waals surface area contributed by atoms with E-state index in [0.717, 1.165) is 50.5 Å². The predicted molar refractivity (Wildman–Crippen MR) is 143 cm³/mol. The zero-order valence-corrected chi connectivity index (χ0v) is 21.4. The average molecular weight is 502 g/mol. The van der Waals surface area contributed by atoms with Crippen LogP contribution >= 0.6 is 0 Å². The fourth-order valence-corrected chi connectivity index (χ4v) is 5.49. The van der Waals surface area contributed by atoms with Crippen molar-refractivity contribution in [2.24, 2.45) is 5.92 Å². The molecule has 3 aliphatic rings.